The van der Waals surface area contributed by atoms with Crippen molar-refractivity contribution in [3.05, 3.63) is 0 Å². The van der Waals surface area contributed by atoms with Crippen LogP contribution in [0, 0.1) is 0 Å². The van der Waals surface area contributed by atoms with Crippen LogP contribution < -0.4 is 0 Å². The molecule has 74 valence electrons. The van der Waals surface area contributed by atoms with Crippen LogP contribution in [-0.4, -0.2) is 45.8 Å². The van der Waals surface area contributed by atoms with Crippen molar-refractivity contribution in [2.75, 3.05) is 6.61 Å². The second-order valence-corrected chi connectivity index (χ2v) is 3.48. The van der Waals surface area contributed by atoms with Gasteiger partial charge in [-0.15, -0.1) is 0 Å². The lowest BCUT2D eigenvalue weighted by Gasteiger charge is -2.42. The fraction of sp³-hybridized carbons (Fsp3) is 1.00. The number of hydrogen-bond acceptors (Lipinski definition) is 4. The Kier molecular flexibility index (Phi) is 2.73. The summed E-state index contributed by atoms with van der Waals surface area (Å²) in [5, 5.41) is 28.0. The normalized spacial score (nSPS) is 49.2. The van der Waals surface area contributed by atoms with Gasteiger partial charge in [-0.3, -0.25) is 0 Å². The third-order valence-electron chi connectivity index (χ3n) is 2.63. The van der Waals surface area contributed by atoms with Crippen LogP contribution in [0.3, 0.4) is 0 Å². The first kappa shape index (κ1) is 9.92. The number of rotatable bonds is 1. The fourth-order valence-electron chi connectivity index (χ4n) is 1.34. The Morgan fingerprint density at radius 2 is 2.08 bits per heavy atom. The first-order valence-electron chi connectivity index (χ1n) is 4.19. The highest BCUT2D eigenvalue weighted by Gasteiger charge is 2.44. The molecule has 12 heavy (non-hydrogen) atoms. The summed E-state index contributed by atoms with van der Waals surface area (Å²) < 4.78 is 5.25. The molecule has 0 spiro atoms. The molecule has 4 heteroatoms. The Morgan fingerprint density at radius 3 is 2.58 bits per heavy atom. The van der Waals surface area contributed by atoms with Gasteiger partial charge in [0.1, 0.15) is 18.3 Å². The van der Waals surface area contributed by atoms with Crippen LogP contribution in [0.25, 0.3) is 0 Å². The van der Waals surface area contributed by atoms with Crippen LogP contribution in [0.2, 0.25) is 0 Å². The van der Waals surface area contributed by atoms with Crippen LogP contribution in [-0.2, 0) is 4.74 Å². The molecule has 0 aromatic rings. The van der Waals surface area contributed by atoms with E-state index in [1.54, 1.807) is 6.92 Å². The third kappa shape index (κ3) is 1.47. The van der Waals surface area contributed by atoms with Gasteiger partial charge in [0.2, 0.25) is 0 Å². The second kappa shape index (κ2) is 3.30. The van der Waals surface area contributed by atoms with Crippen LogP contribution in [0.4, 0.5) is 0 Å². The van der Waals surface area contributed by atoms with Gasteiger partial charge in [0.05, 0.1) is 12.2 Å². The van der Waals surface area contributed by atoms with Gasteiger partial charge in [0.15, 0.2) is 0 Å². The van der Waals surface area contributed by atoms with Crippen molar-refractivity contribution in [1.82, 2.24) is 0 Å². The minimum atomic E-state index is -1.09. The molecular weight excluding hydrogens is 160 g/mol. The van der Waals surface area contributed by atoms with Crippen molar-refractivity contribution < 1.29 is 21.5 Å². The summed E-state index contributed by atoms with van der Waals surface area (Å²) in [6.07, 6.45) is -2.47. The molecule has 0 saturated carbocycles. The Balaban J connectivity index is 0.00000144. The summed E-state index contributed by atoms with van der Waals surface area (Å²) in [6, 6.07) is 0. The van der Waals surface area contributed by atoms with Crippen molar-refractivity contribution in [3.8, 4) is 0 Å². The second-order valence-electron chi connectivity index (χ2n) is 3.48. The predicted molar refractivity (Wildman–Crippen MR) is 44.8 cm³/mol. The molecule has 4 atom stereocenters. The molecule has 1 rings (SSSR count). The highest BCUT2D eigenvalue weighted by molar-refractivity contribution is 4.94. The zero-order valence-corrected chi connectivity index (χ0v) is 7.40. The first-order valence-corrected chi connectivity index (χ1v) is 4.19. The Hall–Kier alpha value is -0.160. The van der Waals surface area contributed by atoms with Crippen molar-refractivity contribution in [2.24, 2.45) is 0 Å². The van der Waals surface area contributed by atoms with Crippen LogP contribution in [0.1, 0.15) is 21.7 Å². The Labute approximate surface area is 73.3 Å². The Morgan fingerprint density at radius 1 is 1.50 bits per heavy atom. The van der Waals surface area contributed by atoms with E-state index in [0.717, 1.165) is 0 Å². The SMILES string of the molecule is CC[C@]1(C)OC[C@@H](O)[C@@H](O)C1O.[HH]. The zero-order chi connectivity index (χ0) is 9.35. The van der Waals surface area contributed by atoms with E-state index in [-0.39, 0.29) is 8.03 Å². The van der Waals surface area contributed by atoms with Crippen LogP contribution in [0.15, 0.2) is 0 Å². The van der Waals surface area contributed by atoms with Gasteiger partial charge < -0.3 is 20.1 Å². The third-order valence-corrected chi connectivity index (χ3v) is 2.63. The highest BCUT2D eigenvalue weighted by Crippen LogP contribution is 2.28. The summed E-state index contributed by atoms with van der Waals surface area (Å²) in [7, 11) is 0. The van der Waals surface area contributed by atoms with Gasteiger partial charge in [0, 0.05) is 1.43 Å². The minimum Gasteiger partial charge on any atom is -0.388 e. The molecule has 1 saturated heterocycles. The van der Waals surface area contributed by atoms with Crippen molar-refractivity contribution in [2.45, 2.75) is 44.2 Å². The molecule has 1 heterocycles. The fourth-order valence-corrected chi connectivity index (χ4v) is 1.34. The van der Waals surface area contributed by atoms with Crippen molar-refractivity contribution in [1.29, 1.82) is 0 Å². The molecular formula is C8H18O4. The Bertz CT molecular complexity index is 166. The minimum absolute atomic E-state index is 0. The molecule has 0 radical (unpaired) electrons. The smallest absolute Gasteiger partial charge is 0.111 e. The van der Waals surface area contributed by atoms with E-state index in [1.807, 2.05) is 6.92 Å². The van der Waals surface area contributed by atoms with Crippen LogP contribution >= 0.6 is 0 Å². The molecule has 0 aliphatic carbocycles. The number of aliphatic hydroxyl groups is 3. The lowest BCUT2D eigenvalue weighted by molar-refractivity contribution is -0.230. The quantitative estimate of drug-likeness (QED) is 0.507. The average molecular weight is 178 g/mol. The van der Waals surface area contributed by atoms with E-state index >= 15 is 0 Å². The molecule has 0 aromatic heterocycles. The largest absolute Gasteiger partial charge is 0.388 e. The maximum absolute atomic E-state index is 9.53. The highest BCUT2D eigenvalue weighted by atomic mass is 16.5. The molecule has 4 nitrogen and oxygen atoms in total. The monoisotopic (exact) mass is 178 g/mol. The summed E-state index contributed by atoms with van der Waals surface area (Å²) in [5.41, 5.74) is -0.724. The summed E-state index contributed by atoms with van der Waals surface area (Å²) in [6.45, 7) is 3.68. The maximum atomic E-state index is 9.53. The molecule has 1 unspecified atom stereocenters. The predicted octanol–water partition coefficient (Wildman–Crippen LogP) is -0.486. The average Bonchev–Trinajstić information content (AvgIpc) is 2.09. The summed E-state index contributed by atoms with van der Waals surface area (Å²) >= 11 is 0. The summed E-state index contributed by atoms with van der Waals surface area (Å²) in [5.74, 6) is 0. The molecule has 0 aromatic carbocycles. The zero-order valence-electron chi connectivity index (χ0n) is 7.40. The standard InChI is InChI=1S/C8H16O4.H2/c1-3-8(2)7(11)6(10)5(9)4-12-8;/h5-7,9-11H,3-4H2,1-2H3;1H/t5-,6-,7?,8+;/m1./s1. The maximum Gasteiger partial charge on any atom is 0.111 e. The van der Waals surface area contributed by atoms with Gasteiger partial charge in [-0.25, -0.2) is 0 Å². The van der Waals surface area contributed by atoms with Crippen molar-refractivity contribution >= 4 is 0 Å². The molecule has 0 amide bonds. The topological polar surface area (TPSA) is 69.9 Å². The van der Waals surface area contributed by atoms with E-state index in [0.29, 0.717) is 6.42 Å². The van der Waals surface area contributed by atoms with E-state index in [9.17, 15) is 10.2 Å². The lowest BCUT2D eigenvalue weighted by atomic mass is 9.87. The first-order chi connectivity index (χ1) is 5.51. The van der Waals surface area contributed by atoms with Gasteiger partial charge in [-0.1, -0.05) is 6.92 Å². The van der Waals surface area contributed by atoms with E-state index < -0.39 is 23.9 Å². The number of aliphatic hydroxyl groups excluding tert-OH is 3. The molecule has 1 fully saturated rings. The summed E-state index contributed by atoms with van der Waals surface area (Å²) in [4.78, 5) is 0. The van der Waals surface area contributed by atoms with Crippen LogP contribution in [0.5, 0.6) is 0 Å². The van der Waals surface area contributed by atoms with Gasteiger partial charge in [-0.2, -0.15) is 0 Å². The van der Waals surface area contributed by atoms with E-state index in [2.05, 4.69) is 0 Å². The van der Waals surface area contributed by atoms with Gasteiger partial charge >= 0.3 is 0 Å². The number of ether oxygens (including phenoxy) is 1. The van der Waals surface area contributed by atoms with Crippen molar-refractivity contribution in [3.63, 3.8) is 0 Å². The van der Waals surface area contributed by atoms with Gasteiger partial charge in [-0.05, 0) is 13.3 Å². The molecule has 0 bridgehead atoms. The van der Waals surface area contributed by atoms with Gasteiger partial charge in [0.25, 0.3) is 0 Å². The van der Waals surface area contributed by atoms with E-state index in [4.69, 9.17) is 9.84 Å². The molecule has 1 aliphatic rings. The molecule has 1 aliphatic heterocycles. The van der Waals surface area contributed by atoms with E-state index in [1.165, 1.54) is 0 Å². The lowest BCUT2D eigenvalue weighted by Crippen LogP contribution is -2.59. The molecule has 3 N–H and O–H groups in total. The number of hydrogen-bond donors (Lipinski definition) is 3.